The molecule has 1 heterocycles. The van der Waals surface area contributed by atoms with Crippen LogP contribution in [0.2, 0.25) is 5.02 Å². The Morgan fingerprint density at radius 3 is 2.71 bits per heavy atom. The van der Waals surface area contributed by atoms with Crippen LogP contribution in [-0.4, -0.2) is 18.1 Å². The Hall–Kier alpha value is -1.59. The van der Waals surface area contributed by atoms with Crippen LogP contribution in [0.4, 0.5) is 5.69 Å². The molecule has 6 heteroatoms. The number of carbonyl (C=O) groups excluding carboxylic acids is 1. The topological polar surface area (TPSA) is 51.2 Å². The third-order valence-electron chi connectivity index (χ3n) is 3.09. The number of nitrogens with one attached hydrogen (secondary N) is 1. The zero-order chi connectivity index (χ0) is 15.6. The monoisotopic (exact) mass is 324 g/mol. The predicted octanol–water partition coefficient (Wildman–Crippen LogP) is 4.37. The molecule has 0 radical (unpaired) electrons. The van der Waals surface area contributed by atoms with Crippen LogP contribution in [-0.2, 0) is 4.74 Å². The van der Waals surface area contributed by atoms with E-state index in [1.54, 1.807) is 29.5 Å². The first-order chi connectivity index (χ1) is 9.92. The molecule has 4 nitrogen and oxygen atoms in total. The number of aryl methyl sites for hydroxylation is 2. The molecule has 1 aromatic carbocycles. The summed E-state index contributed by atoms with van der Waals surface area (Å²) in [5.74, 6) is -0.413. The fraction of sp³-hybridized carbons (Fsp3) is 0.333. The molecule has 112 valence electrons. The van der Waals surface area contributed by atoms with Gasteiger partial charge in [0.1, 0.15) is 0 Å². The summed E-state index contributed by atoms with van der Waals surface area (Å²) in [6.07, 6.45) is 0. The first-order valence-corrected chi connectivity index (χ1v) is 7.70. The van der Waals surface area contributed by atoms with Crippen molar-refractivity contribution in [2.75, 3.05) is 12.4 Å². The van der Waals surface area contributed by atoms with Crippen LogP contribution in [0.3, 0.4) is 0 Å². The predicted molar refractivity (Wildman–Crippen MR) is 86.4 cm³/mol. The van der Waals surface area contributed by atoms with E-state index in [-0.39, 0.29) is 6.04 Å². The van der Waals surface area contributed by atoms with Crippen molar-refractivity contribution in [1.29, 1.82) is 0 Å². The van der Waals surface area contributed by atoms with Crippen LogP contribution in [0.5, 0.6) is 0 Å². The van der Waals surface area contributed by atoms with Crippen LogP contribution >= 0.6 is 22.9 Å². The van der Waals surface area contributed by atoms with Crippen LogP contribution in [0.15, 0.2) is 18.2 Å². The van der Waals surface area contributed by atoms with Gasteiger partial charge in [0, 0.05) is 15.6 Å². The smallest absolute Gasteiger partial charge is 0.340 e. The molecule has 21 heavy (non-hydrogen) atoms. The molecule has 0 bridgehead atoms. The standard InChI is InChI=1S/C15H17ClN2O2S/c1-8-14(21-10(3)17-8)9(2)18-13-6-5-11(16)7-12(13)15(19)20-4/h5-7,9,18H,1-4H3. The van der Waals surface area contributed by atoms with E-state index in [4.69, 9.17) is 16.3 Å². The Labute approximate surface area is 133 Å². The number of rotatable bonds is 4. The van der Waals surface area contributed by atoms with Gasteiger partial charge < -0.3 is 10.1 Å². The SMILES string of the molecule is COC(=O)c1cc(Cl)ccc1NC(C)c1sc(C)nc1C. The zero-order valence-corrected chi connectivity index (χ0v) is 13.9. The lowest BCUT2D eigenvalue weighted by atomic mass is 10.1. The minimum absolute atomic E-state index is 0.0424. The maximum atomic E-state index is 11.8. The number of thiazole rings is 1. The molecular formula is C15H17ClN2O2S. The van der Waals surface area contributed by atoms with Crippen molar-refractivity contribution in [2.45, 2.75) is 26.8 Å². The molecule has 2 aromatic rings. The van der Waals surface area contributed by atoms with Crippen LogP contribution in [0.25, 0.3) is 0 Å². The highest BCUT2D eigenvalue weighted by molar-refractivity contribution is 7.11. The second-order valence-electron chi connectivity index (χ2n) is 4.73. The van der Waals surface area contributed by atoms with Gasteiger partial charge in [0.05, 0.1) is 29.4 Å². The summed E-state index contributed by atoms with van der Waals surface area (Å²) in [6.45, 7) is 6.01. The fourth-order valence-electron chi connectivity index (χ4n) is 2.17. The number of methoxy groups -OCH3 is 1. The van der Waals surface area contributed by atoms with Gasteiger partial charge in [0.2, 0.25) is 0 Å². The third kappa shape index (κ3) is 3.54. The van der Waals surface area contributed by atoms with E-state index in [1.165, 1.54) is 7.11 Å². The van der Waals surface area contributed by atoms with Crippen molar-refractivity contribution in [3.63, 3.8) is 0 Å². The van der Waals surface area contributed by atoms with E-state index >= 15 is 0 Å². The Bertz CT molecular complexity index is 670. The molecule has 0 saturated heterocycles. The Morgan fingerprint density at radius 2 is 2.14 bits per heavy atom. The second-order valence-corrected chi connectivity index (χ2v) is 6.40. The average molecular weight is 325 g/mol. The van der Waals surface area contributed by atoms with E-state index in [1.807, 2.05) is 20.8 Å². The van der Waals surface area contributed by atoms with Crippen molar-refractivity contribution in [3.8, 4) is 0 Å². The first kappa shape index (κ1) is 15.8. The quantitative estimate of drug-likeness (QED) is 0.848. The number of hydrogen-bond acceptors (Lipinski definition) is 5. The van der Waals surface area contributed by atoms with Crippen molar-refractivity contribution in [1.82, 2.24) is 4.98 Å². The number of anilines is 1. The number of aromatic nitrogens is 1. The molecule has 0 fully saturated rings. The number of nitrogens with zero attached hydrogens (tertiary/aromatic N) is 1. The summed E-state index contributed by atoms with van der Waals surface area (Å²) in [7, 11) is 1.35. The first-order valence-electron chi connectivity index (χ1n) is 6.50. The van der Waals surface area contributed by atoms with E-state index < -0.39 is 5.97 Å². The number of esters is 1. The molecule has 0 saturated carbocycles. The Balaban J connectivity index is 2.31. The maximum Gasteiger partial charge on any atom is 0.340 e. The van der Waals surface area contributed by atoms with Crippen molar-refractivity contribution in [3.05, 3.63) is 44.4 Å². The second kappa shape index (κ2) is 6.45. The van der Waals surface area contributed by atoms with Crippen LogP contribution < -0.4 is 5.32 Å². The summed E-state index contributed by atoms with van der Waals surface area (Å²) in [4.78, 5) is 17.4. The molecule has 0 amide bonds. The largest absolute Gasteiger partial charge is 0.465 e. The minimum Gasteiger partial charge on any atom is -0.465 e. The van der Waals surface area contributed by atoms with Gasteiger partial charge in [0.25, 0.3) is 0 Å². The van der Waals surface area contributed by atoms with Gasteiger partial charge in [-0.05, 0) is 39.0 Å². The summed E-state index contributed by atoms with van der Waals surface area (Å²) >= 11 is 7.61. The molecular weight excluding hydrogens is 308 g/mol. The highest BCUT2D eigenvalue weighted by Crippen LogP contribution is 2.30. The van der Waals surface area contributed by atoms with Gasteiger partial charge >= 0.3 is 5.97 Å². The highest BCUT2D eigenvalue weighted by atomic mass is 35.5. The molecule has 1 atom stereocenters. The number of ether oxygens (including phenoxy) is 1. The van der Waals surface area contributed by atoms with Gasteiger partial charge in [-0.1, -0.05) is 11.6 Å². The number of halogens is 1. The lowest BCUT2D eigenvalue weighted by Crippen LogP contribution is -2.11. The number of hydrogen-bond donors (Lipinski definition) is 1. The fourth-order valence-corrected chi connectivity index (χ4v) is 3.27. The van der Waals surface area contributed by atoms with Crippen LogP contribution in [0, 0.1) is 13.8 Å². The average Bonchev–Trinajstić information content (AvgIpc) is 2.78. The van der Waals surface area contributed by atoms with E-state index in [0.717, 1.165) is 15.6 Å². The van der Waals surface area contributed by atoms with Gasteiger partial charge in [-0.2, -0.15) is 0 Å². The van der Waals surface area contributed by atoms with E-state index in [9.17, 15) is 4.79 Å². The van der Waals surface area contributed by atoms with Crippen molar-refractivity contribution in [2.24, 2.45) is 0 Å². The molecule has 1 aromatic heterocycles. The molecule has 2 rings (SSSR count). The summed E-state index contributed by atoms with van der Waals surface area (Å²) in [6, 6.07) is 5.18. The lowest BCUT2D eigenvalue weighted by molar-refractivity contribution is 0.0602. The van der Waals surface area contributed by atoms with Gasteiger partial charge in [-0.25, -0.2) is 9.78 Å². The van der Waals surface area contributed by atoms with E-state index in [2.05, 4.69) is 10.3 Å². The summed E-state index contributed by atoms with van der Waals surface area (Å²) in [5, 5.41) is 4.86. The van der Waals surface area contributed by atoms with Gasteiger partial charge in [0.15, 0.2) is 0 Å². The summed E-state index contributed by atoms with van der Waals surface area (Å²) in [5.41, 5.74) is 2.13. The number of carbonyl (C=O) groups is 1. The van der Waals surface area contributed by atoms with Crippen LogP contribution in [0.1, 0.15) is 38.9 Å². The van der Waals surface area contributed by atoms with E-state index in [0.29, 0.717) is 16.3 Å². The molecule has 0 aliphatic carbocycles. The molecule has 0 aliphatic rings. The lowest BCUT2D eigenvalue weighted by Gasteiger charge is -2.17. The molecule has 0 spiro atoms. The maximum absolute atomic E-state index is 11.8. The van der Waals surface area contributed by atoms with Gasteiger partial charge in [-0.15, -0.1) is 11.3 Å². The normalized spacial score (nSPS) is 12.0. The highest BCUT2D eigenvalue weighted by Gasteiger charge is 2.17. The Kier molecular flexibility index (Phi) is 4.85. The molecule has 0 aliphatic heterocycles. The van der Waals surface area contributed by atoms with Gasteiger partial charge in [-0.3, -0.25) is 0 Å². The molecule has 1 N–H and O–H groups in total. The van der Waals surface area contributed by atoms with Crippen molar-refractivity contribution < 1.29 is 9.53 Å². The molecule has 1 unspecified atom stereocenters. The Morgan fingerprint density at radius 1 is 1.43 bits per heavy atom. The minimum atomic E-state index is -0.413. The zero-order valence-electron chi connectivity index (χ0n) is 12.4. The third-order valence-corrected chi connectivity index (χ3v) is 4.58. The summed E-state index contributed by atoms with van der Waals surface area (Å²) < 4.78 is 4.80. The van der Waals surface area contributed by atoms with Crippen molar-refractivity contribution >= 4 is 34.6 Å². The number of benzene rings is 1.